The van der Waals surface area contributed by atoms with Crippen molar-refractivity contribution >= 4 is 17.2 Å². The minimum Gasteiger partial charge on any atom is -0.340 e. The largest absolute Gasteiger partial charge is 0.340 e. The van der Waals surface area contributed by atoms with Crippen LogP contribution in [0.15, 0.2) is 29.6 Å². The van der Waals surface area contributed by atoms with Crippen molar-refractivity contribution in [2.75, 3.05) is 59.4 Å². The number of benzene rings is 1. The van der Waals surface area contributed by atoms with Crippen molar-refractivity contribution in [1.82, 2.24) is 25.0 Å². The van der Waals surface area contributed by atoms with E-state index in [1.807, 2.05) is 10.3 Å². The third kappa shape index (κ3) is 4.97. The molecule has 2 aromatic rings. The molecule has 0 bridgehead atoms. The lowest BCUT2D eigenvalue weighted by atomic mass is 10.1. The zero-order valence-corrected chi connectivity index (χ0v) is 17.4. The molecule has 0 radical (unpaired) electrons. The highest BCUT2D eigenvalue weighted by Crippen LogP contribution is 2.25. The van der Waals surface area contributed by atoms with Crippen molar-refractivity contribution in [3.05, 3.63) is 40.9 Å². The van der Waals surface area contributed by atoms with Crippen LogP contribution in [0.1, 0.15) is 11.3 Å². The molecule has 0 unspecified atom stereocenters. The molecule has 2 fully saturated rings. The van der Waals surface area contributed by atoms with Crippen LogP contribution in [0, 0.1) is 0 Å². The van der Waals surface area contributed by atoms with Gasteiger partial charge in [0.25, 0.3) is 0 Å². The normalized spacial score (nSPS) is 19.1. The van der Waals surface area contributed by atoms with E-state index < -0.39 is 0 Å². The van der Waals surface area contributed by atoms with Gasteiger partial charge in [0.05, 0.1) is 12.1 Å². The third-order valence-electron chi connectivity index (χ3n) is 5.53. The van der Waals surface area contributed by atoms with Gasteiger partial charge in [-0.2, -0.15) is 0 Å². The number of likely N-dealkylation sites (N-methyl/N-ethyl adjacent to an activating group) is 1. The Labute approximate surface area is 171 Å². The molecule has 4 rings (SSSR count). The highest BCUT2D eigenvalue weighted by molar-refractivity contribution is 7.13. The fourth-order valence-corrected chi connectivity index (χ4v) is 4.59. The van der Waals surface area contributed by atoms with Gasteiger partial charge in [-0.25, -0.2) is 4.98 Å². The first-order valence-corrected chi connectivity index (χ1v) is 11.0. The number of hydrogen-bond acceptors (Lipinski definition) is 6. The average Bonchev–Trinajstić information content (AvgIpc) is 3.19. The molecule has 1 N–H and O–H groups in total. The van der Waals surface area contributed by atoms with E-state index in [0.29, 0.717) is 6.42 Å². The lowest BCUT2D eigenvalue weighted by molar-refractivity contribution is -0.131. The summed E-state index contributed by atoms with van der Waals surface area (Å²) in [6.07, 6.45) is 0.400. The second-order valence-corrected chi connectivity index (χ2v) is 8.59. The molecule has 1 aromatic carbocycles. The Morgan fingerprint density at radius 2 is 1.93 bits per heavy atom. The Hall–Kier alpha value is -1.80. The number of nitrogens with zero attached hydrogens (tertiary/aromatic N) is 4. The maximum Gasteiger partial charge on any atom is 0.228 e. The molecule has 6 nitrogen and oxygen atoms in total. The Morgan fingerprint density at radius 3 is 2.71 bits per heavy atom. The lowest BCUT2D eigenvalue weighted by Crippen LogP contribution is -2.46. The second-order valence-electron chi connectivity index (χ2n) is 7.73. The summed E-state index contributed by atoms with van der Waals surface area (Å²) in [5.41, 5.74) is 3.36. The van der Waals surface area contributed by atoms with Crippen molar-refractivity contribution in [3.8, 4) is 10.6 Å². The fraction of sp³-hybridized carbons (Fsp3) is 0.524. The number of piperazine rings is 2. The van der Waals surface area contributed by atoms with Crippen molar-refractivity contribution in [2.45, 2.75) is 13.0 Å². The van der Waals surface area contributed by atoms with E-state index in [0.717, 1.165) is 75.2 Å². The molecule has 150 valence electrons. The Morgan fingerprint density at radius 1 is 1.14 bits per heavy atom. The minimum atomic E-state index is 0.183. The number of rotatable bonds is 5. The summed E-state index contributed by atoms with van der Waals surface area (Å²) >= 11 is 1.63. The van der Waals surface area contributed by atoms with Crippen LogP contribution in [-0.4, -0.2) is 85.0 Å². The number of nitrogens with one attached hydrogen (secondary N) is 1. The van der Waals surface area contributed by atoms with Gasteiger partial charge in [-0.15, -0.1) is 11.3 Å². The molecule has 1 aromatic heterocycles. The van der Waals surface area contributed by atoms with Gasteiger partial charge >= 0.3 is 0 Å². The van der Waals surface area contributed by atoms with E-state index in [-0.39, 0.29) is 5.91 Å². The summed E-state index contributed by atoms with van der Waals surface area (Å²) in [5.74, 6) is 0.183. The van der Waals surface area contributed by atoms with Crippen molar-refractivity contribution < 1.29 is 4.79 Å². The smallest absolute Gasteiger partial charge is 0.228 e. The van der Waals surface area contributed by atoms with Gasteiger partial charge in [0.1, 0.15) is 5.01 Å². The number of aromatic nitrogens is 1. The predicted octanol–water partition coefficient (Wildman–Crippen LogP) is 1.53. The summed E-state index contributed by atoms with van der Waals surface area (Å²) in [5, 5.41) is 6.32. The standard InChI is InChI=1S/C21H29N5OS/c1-24-9-11-25(12-10-24)15-17-3-2-4-18(13-17)21-23-19(16-28-21)14-20(27)26-7-5-22-6-8-26/h2-4,13,16,22H,5-12,14-15H2,1H3. The molecule has 0 spiro atoms. The van der Waals surface area contributed by atoms with Crippen LogP contribution in [0.3, 0.4) is 0 Å². The summed E-state index contributed by atoms with van der Waals surface area (Å²) in [4.78, 5) is 24.0. The molecule has 1 amide bonds. The molecule has 7 heteroatoms. The second kappa shape index (κ2) is 9.13. The third-order valence-corrected chi connectivity index (χ3v) is 6.47. The Bertz CT molecular complexity index is 794. The van der Waals surface area contributed by atoms with E-state index in [9.17, 15) is 4.79 Å². The lowest BCUT2D eigenvalue weighted by Gasteiger charge is -2.32. The monoisotopic (exact) mass is 399 g/mol. The summed E-state index contributed by atoms with van der Waals surface area (Å²) in [6.45, 7) is 8.86. The zero-order valence-electron chi connectivity index (χ0n) is 16.6. The number of carbonyl (C=O) groups is 1. The highest BCUT2D eigenvalue weighted by atomic mass is 32.1. The molecule has 2 saturated heterocycles. The van der Waals surface area contributed by atoms with Crippen LogP contribution < -0.4 is 5.32 Å². The van der Waals surface area contributed by atoms with Gasteiger partial charge in [0, 0.05) is 69.8 Å². The zero-order chi connectivity index (χ0) is 19.3. The molecule has 2 aliphatic heterocycles. The van der Waals surface area contributed by atoms with Crippen LogP contribution in [0.2, 0.25) is 0 Å². The summed E-state index contributed by atoms with van der Waals surface area (Å²) in [6, 6.07) is 8.69. The Kier molecular flexibility index (Phi) is 6.36. The first-order chi connectivity index (χ1) is 13.7. The first-order valence-electron chi connectivity index (χ1n) is 10.1. The summed E-state index contributed by atoms with van der Waals surface area (Å²) < 4.78 is 0. The van der Waals surface area contributed by atoms with E-state index in [1.54, 1.807) is 11.3 Å². The van der Waals surface area contributed by atoms with Gasteiger partial charge in [-0.3, -0.25) is 9.69 Å². The van der Waals surface area contributed by atoms with Crippen LogP contribution in [-0.2, 0) is 17.8 Å². The minimum absolute atomic E-state index is 0.183. The Balaban J connectivity index is 1.38. The van der Waals surface area contributed by atoms with Crippen LogP contribution in [0.4, 0.5) is 0 Å². The number of amides is 1. The topological polar surface area (TPSA) is 51.7 Å². The number of hydrogen-bond donors (Lipinski definition) is 1. The van der Waals surface area contributed by atoms with Gasteiger partial charge in [-0.1, -0.05) is 18.2 Å². The van der Waals surface area contributed by atoms with Gasteiger partial charge in [0.2, 0.25) is 5.91 Å². The maximum absolute atomic E-state index is 12.5. The SMILES string of the molecule is CN1CCN(Cc2cccc(-c3nc(CC(=O)N4CCNCC4)cs3)c2)CC1. The number of carbonyl (C=O) groups excluding carboxylic acids is 1. The number of thiazole rings is 1. The molecule has 0 aliphatic carbocycles. The quantitative estimate of drug-likeness (QED) is 0.827. The molecular formula is C21H29N5OS. The average molecular weight is 400 g/mol. The molecular weight excluding hydrogens is 370 g/mol. The van der Waals surface area contributed by atoms with E-state index in [1.165, 1.54) is 5.56 Å². The van der Waals surface area contributed by atoms with E-state index in [4.69, 9.17) is 4.98 Å². The van der Waals surface area contributed by atoms with Crippen molar-refractivity contribution in [3.63, 3.8) is 0 Å². The van der Waals surface area contributed by atoms with Gasteiger partial charge in [0.15, 0.2) is 0 Å². The molecule has 2 aliphatic rings. The molecule has 3 heterocycles. The fourth-order valence-electron chi connectivity index (χ4n) is 3.77. The molecule has 0 atom stereocenters. The van der Waals surface area contributed by atoms with Gasteiger partial charge < -0.3 is 15.1 Å². The maximum atomic E-state index is 12.5. The molecule has 28 heavy (non-hydrogen) atoms. The first kappa shape index (κ1) is 19.5. The van der Waals surface area contributed by atoms with Crippen LogP contribution in [0.5, 0.6) is 0 Å². The highest BCUT2D eigenvalue weighted by Gasteiger charge is 2.18. The van der Waals surface area contributed by atoms with Gasteiger partial charge in [-0.05, 0) is 18.7 Å². The molecule has 0 saturated carbocycles. The van der Waals surface area contributed by atoms with Crippen LogP contribution in [0.25, 0.3) is 10.6 Å². The van der Waals surface area contributed by atoms with E-state index in [2.05, 4.69) is 46.4 Å². The predicted molar refractivity (Wildman–Crippen MR) is 113 cm³/mol. The van der Waals surface area contributed by atoms with Crippen molar-refractivity contribution in [1.29, 1.82) is 0 Å². The van der Waals surface area contributed by atoms with Crippen LogP contribution >= 0.6 is 11.3 Å². The summed E-state index contributed by atoms with van der Waals surface area (Å²) in [7, 11) is 2.19. The van der Waals surface area contributed by atoms with Crippen molar-refractivity contribution in [2.24, 2.45) is 0 Å². The van der Waals surface area contributed by atoms with E-state index >= 15 is 0 Å².